The molecule has 0 saturated heterocycles. The normalized spacial score (nSPS) is 11.6. The Balaban J connectivity index is 2.57. The lowest BCUT2D eigenvalue weighted by molar-refractivity contribution is 0.601. The molecule has 0 unspecified atom stereocenters. The molecular weight excluding hydrogens is 244 g/mol. The Hall–Kier alpha value is -1.40. The third-order valence-electron chi connectivity index (χ3n) is 2.00. The number of hydrogen-bond acceptors (Lipinski definition) is 5. The van der Waals surface area contributed by atoms with E-state index in [2.05, 4.69) is 4.98 Å². The van der Waals surface area contributed by atoms with Gasteiger partial charge in [-0.1, -0.05) is 41.7 Å². The first-order valence-electron chi connectivity index (χ1n) is 4.50. The summed E-state index contributed by atoms with van der Waals surface area (Å²) in [4.78, 5) is 4.06. The third-order valence-corrected chi connectivity index (χ3v) is 4.56. The number of nitrogen functional groups attached to an aromatic ring is 1. The average Bonchev–Trinajstić information content (AvgIpc) is 2.61. The largest absolute Gasteiger partial charge is 0.389 e. The molecule has 0 radical (unpaired) electrons. The molecule has 0 fully saturated rings. The van der Waals surface area contributed by atoms with Gasteiger partial charge in [-0.05, 0) is 0 Å². The molecule has 2 aromatic rings. The van der Waals surface area contributed by atoms with Gasteiger partial charge < -0.3 is 5.73 Å². The van der Waals surface area contributed by atoms with E-state index in [0.717, 1.165) is 23.2 Å². The smallest absolute Gasteiger partial charge is 0.211 e. The van der Waals surface area contributed by atoms with Crippen molar-refractivity contribution < 1.29 is 8.42 Å². The van der Waals surface area contributed by atoms with Crippen molar-refractivity contribution in [3.8, 4) is 11.3 Å². The van der Waals surface area contributed by atoms with Gasteiger partial charge in [0, 0.05) is 11.8 Å². The maximum Gasteiger partial charge on any atom is 0.211 e. The Morgan fingerprint density at radius 2 is 1.88 bits per heavy atom. The van der Waals surface area contributed by atoms with Crippen LogP contribution in [0.1, 0.15) is 0 Å². The molecule has 16 heavy (non-hydrogen) atoms. The van der Waals surface area contributed by atoms with E-state index in [1.165, 1.54) is 0 Å². The lowest BCUT2D eigenvalue weighted by atomic mass is 10.2. The van der Waals surface area contributed by atoms with E-state index >= 15 is 0 Å². The molecule has 0 aliphatic heterocycles. The first kappa shape index (κ1) is 11.1. The Labute approximate surface area is 97.7 Å². The molecular formula is C10H10N2O2S2. The van der Waals surface area contributed by atoms with Crippen LogP contribution in [0.2, 0.25) is 0 Å². The van der Waals surface area contributed by atoms with Crippen LogP contribution in [0.4, 0.5) is 5.00 Å². The van der Waals surface area contributed by atoms with Crippen LogP contribution in [-0.4, -0.2) is 19.7 Å². The maximum atomic E-state index is 11.3. The predicted molar refractivity (Wildman–Crippen MR) is 65.1 cm³/mol. The van der Waals surface area contributed by atoms with Crippen LogP contribution in [0.3, 0.4) is 0 Å². The van der Waals surface area contributed by atoms with Crippen molar-refractivity contribution in [2.75, 3.05) is 12.0 Å². The molecule has 0 amide bonds. The highest BCUT2D eigenvalue weighted by atomic mass is 32.2. The second-order valence-electron chi connectivity index (χ2n) is 3.33. The molecule has 84 valence electrons. The molecule has 6 heteroatoms. The fraction of sp³-hybridized carbons (Fsp3) is 0.100. The van der Waals surface area contributed by atoms with Crippen molar-refractivity contribution in [1.29, 1.82) is 0 Å². The Morgan fingerprint density at radius 3 is 2.38 bits per heavy atom. The Morgan fingerprint density at radius 1 is 1.25 bits per heavy atom. The molecule has 1 heterocycles. The number of nitrogens with zero attached hydrogens (tertiary/aromatic N) is 1. The topological polar surface area (TPSA) is 73.0 Å². The zero-order chi connectivity index (χ0) is 11.8. The molecule has 0 spiro atoms. The standard InChI is InChI=1S/C10H10N2O2S2/c1-16(13,14)10-12-8(9(11)15-10)7-5-3-2-4-6-7/h2-6H,11H2,1H3. The summed E-state index contributed by atoms with van der Waals surface area (Å²) < 4.78 is 22.7. The van der Waals surface area contributed by atoms with Crippen LogP contribution >= 0.6 is 11.3 Å². The van der Waals surface area contributed by atoms with E-state index in [1.54, 1.807) is 0 Å². The monoisotopic (exact) mass is 254 g/mol. The highest BCUT2D eigenvalue weighted by Gasteiger charge is 2.17. The van der Waals surface area contributed by atoms with Gasteiger partial charge in [-0.3, -0.25) is 0 Å². The van der Waals surface area contributed by atoms with Gasteiger partial charge in [0.05, 0.1) is 0 Å². The molecule has 0 saturated carbocycles. The fourth-order valence-electron chi connectivity index (χ4n) is 1.27. The molecule has 1 aromatic carbocycles. The number of nitrogens with two attached hydrogens (primary N) is 1. The molecule has 2 rings (SSSR count). The van der Waals surface area contributed by atoms with E-state index in [9.17, 15) is 8.42 Å². The lowest BCUT2D eigenvalue weighted by Crippen LogP contribution is -1.95. The minimum absolute atomic E-state index is 0.0591. The summed E-state index contributed by atoms with van der Waals surface area (Å²) in [7, 11) is -3.29. The van der Waals surface area contributed by atoms with Gasteiger partial charge in [0.1, 0.15) is 10.7 Å². The zero-order valence-corrected chi connectivity index (χ0v) is 10.2. The molecule has 4 nitrogen and oxygen atoms in total. The molecule has 0 bridgehead atoms. The number of sulfone groups is 1. The van der Waals surface area contributed by atoms with Gasteiger partial charge in [0.25, 0.3) is 0 Å². The summed E-state index contributed by atoms with van der Waals surface area (Å²) in [5.74, 6) is 0. The Kier molecular flexibility index (Phi) is 2.69. The molecule has 0 aliphatic rings. The summed E-state index contributed by atoms with van der Waals surface area (Å²) in [6.45, 7) is 0. The summed E-state index contributed by atoms with van der Waals surface area (Å²) in [6.07, 6.45) is 1.13. The van der Waals surface area contributed by atoms with Gasteiger partial charge in [0.2, 0.25) is 14.2 Å². The van der Waals surface area contributed by atoms with Crippen LogP contribution in [-0.2, 0) is 9.84 Å². The summed E-state index contributed by atoms with van der Waals surface area (Å²) >= 11 is 0.995. The summed E-state index contributed by atoms with van der Waals surface area (Å²) in [5, 5.41) is 0.423. The summed E-state index contributed by atoms with van der Waals surface area (Å²) in [5.41, 5.74) is 7.12. The molecule has 0 aliphatic carbocycles. The van der Waals surface area contributed by atoms with Crippen LogP contribution in [0.5, 0.6) is 0 Å². The Bertz CT molecular complexity index is 603. The van der Waals surface area contributed by atoms with Gasteiger partial charge in [-0.2, -0.15) is 0 Å². The van der Waals surface area contributed by atoms with Crippen molar-refractivity contribution in [1.82, 2.24) is 4.98 Å². The predicted octanol–water partition coefficient (Wildman–Crippen LogP) is 1.80. The van der Waals surface area contributed by atoms with Gasteiger partial charge in [-0.25, -0.2) is 13.4 Å². The average molecular weight is 254 g/mol. The number of hydrogen-bond donors (Lipinski definition) is 1. The van der Waals surface area contributed by atoms with Gasteiger partial charge in [-0.15, -0.1) is 0 Å². The minimum atomic E-state index is -3.29. The zero-order valence-electron chi connectivity index (χ0n) is 8.54. The van der Waals surface area contributed by atoms with E-state index in [1.807, 2.05) is 30.3 Å². The first-order chi connectivity index (χ1) is 7.48. The van der Waals surface area contributed by atoms with Crippen LogP contribution < -0.4 is 5.73 Å². The third kappa shape index (κ3) is 2.07. The first-order valence-corrected chi connectivity index (χ1v) is 7.21. The molecule has 0 atom stereocenters. The van der Waals surface area contributed by atoms with E-state index < -0.39 is 9.84 Å². The quantitative estimate of drug-likeness (QED) is 0.886. The highest BCUT2D eigenvalue weighted by molar-refractivity contribution is 7.92. The van der Waals surface area contributed by atoms with Crippen molar-refractivity contribution in [2.45, 2.75) is 4.34 Å². The van der Waals surface area contributed by atoms with Gasteiger partial charge in [0.15, 0.2) is 0 Å². The van der Waals surface area contributed by atoms with E-state index in [-0.39, 0.29) is 4.34 Å². The number of thiazole rings is 1. The van der Waals surface area contributed by atoms with Crippen LogP contribution in [0.15, 0.2) is 34.7 Å². The molecule has 2 N–H and O–H groups in total. The number of anilines is 1. The second-order valence-corrected chi connectivity index (χ2v) is 6.55. The highest BCUT2D eigenvalue weighted by Crippen LogP contribution is 2.32. The van der Waals surface area contributed by atoms with E-state index in [4.69, 9.17) is 5.73 Å². The van der Waals surface area contributed by atoms with Crippen molar-refractivity contribution in [3.63, 3.8) is 0 Å². The van der Waals surface area contributed by atoms with Gasteiger partial charge >= 0.3 is 0 Å². The molecule has 1 aromatic heterocycles. The SMILES string of the molecule is CS(=O)(=O)c1nc(-c2ccccc2)c(N)s1. The maximum absolute atomic E-state index is 11.3. The van der Waals surface area contributed by atoms with Crippen LogP contribution in [0, 0.1) is 0 Å². The van der Waals surface area contributed by atoms with Crippen LogP contribution in [0.25, 0.3) is 11.3 Å². The summed E-state index contributed by atoms with van der Waals surface area (Å²) in [6, 6.07) is 9.28. The lowest BCUT2D eigenvalue weighted by Gasteiger charge is -1.96. The van der Waals surface area contributed by atoms with E-state index in [0.29, 0.717) is 10.7 Å². The second kappa shape index (κ2) is 3.88. The van der Waals surface area contributed by atoms with Crippen molar-refractivity contribution in [2.24, 2.45) is 0 Å². The number of rotatable bonds is 2. The minimum Gasteiger partial charge on any atom is -0.389 e. The fourth-order valence-corrected chi connectivity index (χ4v) is 2.99. The van der Waals surface area contributed by atoms with Crippen molar-refractivity contribution >= 4 is 26.2 Å². The number of aromatic nitrogens is 1. The van der Waals surface area contributed by atoms with Crippen molar-refractivity contribution in [3.05, 3.63) is 30.3 Å². The number of benzene rings is 1.